The van der Waals surface area contributed by atoms with Crippen molar-refractivity contribution in [3.63, 3.8) is 0 Å². The lowest BCUT2D eigenvalue weighted by Gasteiger charge is -1.99. The topological polar surface area (TPSA) is 73.6 Å². The van der Waals surface area contributed by atoms with Crippen molar-refractivity contribution in [2.75, 3.05) is 0 Å². The molecule has 15 heavy (non-hydrogen) atoms. The van der Waals surface area contributed by atoms with Crippen LogP contribution in [-0.2, 0) is 13.5 Å². The number of Topliss-reactive ketones (excluding diaryl/α,β-unsaturated/α-hetero) is 1. The molecule has 0 radical (unpaired) electrons. The monoisotopic (exact) mass is 203 g/mol. The summed E-state index contributed by atoms with van der Waals surface area (Å²) in [6.45, 7) is 0. The summed E-state index contributed by atoms with van der Waals surface area (Å²) in [6, 6.07) is 0. The van der Waals surface area contributed by atoms with Crippen molar-refractivity contribution in [1.82, 2.24) is 24.7 Å². The molecular weight excluding hydrogens is 194 g/mol. The summed E-state index contributed by atoms with van der Waals surface area (Å²) >= 11 is 0. The lowest BCUT2D eigenvalue weighted by Crippen LogP contribution is -2.09. The van der Waals surface area contributed by atoms with Crippen LogP contribution in [0.3, 0.4) is 0 Å². The third-order valence-corrected chi connectivity index (χ3v) is 2.01. The molecule has 2 rings (SSSR count). The van der Waals surface area contributed by atoms with E-state index in [-0.39, 0.29) is 12.2 Å². The smallest absolute Gasteiger partial charge is 0.173 e. The van der Waals surface area contributed by atoms with Crippen molar-refractivity contribution in [3.8, 4) is 0 Å². The van der Waals surface area contributed by atoms with Crippen LogP contribution in [-0.4, -0.2) is 30.5 Å². The zero-order valence-corrected chi connectivity index (χ0v) is 8.16. The van der Waals surface area contributed by atoms with Gasteiger partial charge >= 0.3 is 0 Å². The number of rotatable bonds is 3. The van der Waals surface area contributed by atoms with Gasteiger partial charge in [0.25, 0.3) is 0 Å². The number of ketones is 1. The second-order valence-electron chi connectivity index (χ2n) is 3.03. The van der Waals surface area contributed by atoms with Gasteiger partial charge < -0.3 is 0 Å². The van der Waals surface area contributed by atoms with Crippen LogP contribution >= 0.6 is 0 Å². The van der Waals surface area contributed by atoms with Crippen LogP contribution < -0.4 is 0 Å². The van der Waals surface area contributed by atoms with Gasteiger partial charge in [0.2, 0.25) is 0 Å². The van der Waals surface area contributed by atoms with Gasteiger partial charge in [0.1, 0.15) is 18.5 Å². The Morgan fingerprint density at radius 2 is 2.07 bits per heavy atom. The first-order valence-corrected chi connectivity index (χ1v) is 4.38. The first kappa shape index (κ1) is 9.45. The van der Waals surface area contributed by atoms with Crippen LogP contribution in [0, 0.1) is 0 Å². The number of carbonyl (C=O) groups excluding carboxylic acids is 1. The minimum absolute atomic E-state index is 0.0632. The number of aromatic nitrogens is 5. The maximum Gasteiger partial charge on any atom is 0.173 e. The highest BCUT2D eigenvalue weighted by molar-refractivity contribution is 5.96. The zero-order valence-electron chi connectivity index (χ0n) is 8.16. The summed E-state index contributed by atoms with van der Waals surface area (Å²) in [6.07, 6.45) is 6.00. The molecule has 0 atom stereocenters. The summed E-state index contributed by atoms with van der Waals surface area (Å²) in [5, 5.41) is 3.89. The quantitative estimate of drug-likeness (QED) is 0.658. The third kappa shape index (κ3) is 2.04. The van der Waals surface area contributed by atoms with Gasteiger partial charge in [-0.25, -0.2) is 15.0 Å². The molecule has 0 bridgehead atoms. The summed E-state index contributed by atoms with van der Waals surface area (Å²) in [5.41, 5.74) is 0.487. The normalized spacial score (nSPS) is 10.2. The molecule has 2 aromatic rings. The molecule has 76 valence electrons. The fourth-order valence-electron chi connectivity index (χ4n) is 1.17. The maximum absolute atomic E-state index is 11.7. The van der Waals surface area contributed by atoms with Gasteiger partial charge in [-0.2, -0.15) is 5.10 Å². The fraction of sp³-hybridized carbons (Fsp3) is 0.222. The molecule has 0 fully saturated rings. The third-order valence-electron chi connectivity index (χ3n) is 2.01. The van der Waals surface area contributed by atoms with Crippen molar-refractivity contribution in [2.24, 2.45) is 7.05 Å². The van der Waals surface area contributed by atoms with Gasteiger partial charge in [-0.1, -0.05) is 0 Å². The minimum atomic E-state index is -0.0632. The molecule has 0 saturated carbocycles. The van der Waals surface area contributed by atoms with Crippen LogP contribution in [0.5, 0.6) is 0 Å². The predicted octanol–water partition coefficient (Wildman–Crippen LogP) is 0.0305. The van der Waals surface area contributed by atoms with E-state index < -0.39 is 0 Å². The van der Waals surface area contributed by atoms with Crippen molar-refractivity contribution < 1.29 is 4.79 Å². The lowest BCUT2D eigenvalue weighted by molar-refractivity contribution is 0.0989. The van der Waals surface area contributed by atoms with E-state index in [4.69, 9.17) is 0 Å². The standard InChI is InChI=1S/C9H9N5O/c1-14-9(12-6-13-14)2-8(15)7-3-10-5-11-4-7/h3-6H,2H2,1H3. The minimum Gasteiger partial charge on any atom is -0.294 e. The fourth-order valence-corrected chi connectivity index (χ4v) is 1.17. The number of aryl methyl sites for hydroxylation is 1. The number of hydrogen-bond acceptors (Lipinski definition) is 5. The molecule has 0 aliphatic carbocycles. The van der Waals surface area contributed by atoms with Crippen LogP contribution in [0.25, 0.3) is 0 Å². The molecule has 0 aliphatic heterocycles. The SMILES string of the molecule is Cn1ncnc1CC(=O)c1cncnc1. The first-order chi connectivity index (χ1) is 7.27. The Hall–Kier alpha value is -2.11. The van der Waals surface area contributed by atoms with E-state index in [0.29, 0.717) is 11.4 Å². The Labute approximate surface area is 86.0 Å². The number of carbonyl (C=O) groups is 1. The largest absolute Gasteiger partial charge is 0.294 e. The van der Waals surface area contributed by atoms with Gasteiger partial charge in [-0.3, -0.25) is 9.48 Å². The van der Waals surface area contributed by atoms with Crippen molar-refractivity contribution in [1.29, 1.82) is 0 Å². The summed E-state index contributed by atoms with van der Waals surface area (Å²) in [4.78, 5) is 23.2. The molecule has 6 nitrogen and oxygen atoms in total. The average molecular weight is 203 g/mol. The van der Waals surface area contributed by atoms with E-state index in [2.05, 4.69) is 20.1 Å². The molecule has 0 N–H and O–H groups in total. The van der Waals surface area contributed by atoms with E-state index in [1.165, 1.54) is 25.0 Å². The summed E-state index contributed by atoms with van der Waals surface area (Å²) in [7, 11) is 1.75. The molecule has 0 amide bonds. The Balaban J connectivity index is 2.15. The number of nitrogens with zero attached hydrogens (tertiary/aromatic N) is 5. The Bertz CT molecular complexity index is 464. The van der Waals surface area contributed by atoms with Gasteiger partial charge in [-0.05, 0) is 0 Å². The van der Waals surface area contributed by atoms with E-state index in [1.54, 1.807) is 11.7 Å². The van der Waals surface area contributed by atoms with Crippen LogP contribution in [0.4, 0.5) is 0 Å². The predicted molar refractivity (Wildman–Crippen MR) is 51.1 cm³/mol. The van der Waals surface area contributed by atoms with Crippen LogP contribution in [0.1, 0.15) is 16.2 Å². The summed E-state index contributed by atoms with van der Waals surface area (Å²) < 4.78 is 1.57. The number of hydrogen-bond donors (Lipinski definition) is 0. The van der Waals surface area contributed by atoms with Crippen LogP contribution in [0.2, 0.25) is 0 Å². The van der Waals surface area contributed by atoms with Gasteiger partial charge in [0.05, 0.1) is 12.0 Å². The Morgan fingerprint density at radius 3 is 2.67 bits per heavy atom. The molecule has 2 aromatic heterocycles. The molecule has 0 aliphatic rings. The van der Waals surface area contributed by atoms with E-state index >= 15 is 0 Å². The average Bonchev–Trinajstić information content (AvgIpc) is 2.66. The molecule has 2 heterocycles. The maximum atomic E-state index is 11.7. The van der Waals surface area contributed by atoms with E-state index in [9.17, 15) is 4.79 Å². The molecule has 0 spiro atoms. The second-order valence-corrected chi connectivity index (χ2v) is 3.03. The highest BCUT2D eigenvalue weighted by atomic mass is 16.1. The van der Waals surface area contributed by atoms with Crippen molar-refractivity contribution >= 4 is 5.78 Å². The van der Waals surface area contributed by atoms with Crippen molar-refractivity contribution in [3.05, 3.63) is 36.4 Å². The van der Waals surface area contributed by atoms with E-state index in [1.807, 2.05) is 0 Å². The Morgan fingerprint density at radius 1 is 1.33 bits per heavy atom. The highest BCUT2D eigenvalue weighted by Gasteiger charge is 2.10. The van der Waals surface area contributed by atoms with Gasteiger partial charge in [0, 0.05) is 19.4 Å². The first-order valence-electron chi connectivity index (χ1n) is 4.38. The van der Waals surface area contributed by atoms with Gasteiger partial charge in [0.15, 0.2) is 5.78 Å². The molecule has 0 aromatic carbocycles. The zero-order chi connectivity index (χ0) is 10.7. The van der Waals surface area contributed by atoms with Crippen molar-refractivity contribution in [2.45, 2.75) is 6.42 Å². The van der Waals surface area contributed by atoms with Crippen LogP contribution in [0.15, 0.2) is 25.0 Å². The molecule has 6 heteroatoms. The lowest BCUT2D eigenvalue weighted by atomic mass is 10.1. The Kier molecular flexibility index (Phi) is 2.49. The second kappa shape index (κ2) is 3.95. The molecule has 0 unspecified atom stereocenters. The van der Waals surface area contributed by atoms with Gasteiger partial charge in [-0.15, -0.1) is 0 Å². The molecular formula is C9H9N5O. The van der Waals surface area contributed by atoms with E-state index in [0.717, 1.165) is 0 Å². The molecule has 0 saturated heterocycles. The highest BCUT2D eigenvalue weighted by Crippen LogP contribution is 2.01. The summed E-state index contributed by atoms with van der Waals surface area (Å²) in [5.74, 6) is 0.565.